The maximum absolute atomic E-state index is 11.2. The second-order valence-electron chi connectivity index (χ2n) is 2.78. The Hall–Kier alpha value is 0.0700. The molecule has 0 aromatic carbocycles. The van der Waals surface area contributed by atoms with Crippen LogP contribution < -0.4 is 5.32 Å². The number of nitrogens with one attached hydrogen (secondary N) is 1. The molecule has 2 fully saturated rings. The van der Waals surface area contributed by atoms with E-state index >= 15 is 0 Å². The number of likely N-dealkylation sites (tertiary alicyclic amines) is 1. The van der Waals surface area contributed by atoms with Crippen molar-refractivity contribution < 1.29 is 4.21 Å². The number of nitrogens with zero attached hydrogens (tertiary/aromatic N) is 1. The van der Waals surface area contributed by atoms with Crippen LogP contribution in [0.25, 0.3) is 0 Å². The van der Waals surface area contributed by atoms with E-state index in [9.17, 15) is 4.21 Å². The molecule has 0 spiro atoms. The first-order valence-corrected chi connectivity index (χ1v) is 5.11. The van der Waals surface area contributed by atoms with Crippen molar-refractivity contribution in [3.05, 3.63) is 0 Å². The minimum Gasteiger partial charge on any atom is -0.290 e. The average Bonchev–Trinajstić information content (AvgIpc) is 2.12. The predicted molar refractivity (Wildman–Crippen MR) is 41.0 cm³/mol. The van der Waals surface area contributed by atoms with Gasteiger partial charge < -0.3 is 0 Å². The van der Waals surface area contributed by atoms with Crippen molar-refractivity contribution in [3.8, 4) is 0 Å². The maximum atomic E-state index is 11.2. The lowest BCUT2D eigenvalue weighted by Crippen LogP contribution is -2.51. The third kappa shape index (κ3) is 1.00. The predicted octanol–water partition coefficient (Wildman–Crippen LogP) is -0.672. The molecule has 2 aliphatic heterocycles. The fourth-order valence-corrected chi connectivity index (χ4v) is 2.75. The Morgan fingerprint density at radius 2 is 2.30 bits per heavy atom. The van der Waals surface area contributed by atoms with Crippen LogP contribution in [0.5, 0.6) is 0 Å². The fraction of sp³-hybridized carbons (Fsp3) is 1.00. The zero-order valence-electron chi connectivity index (χ0n) is 5.88. The first-order valence-electron chi connectivity index (χ1n) is 3.72. The zero-order valence-corrected chi connectivity index (χ0v) is 6.69. The Kier molecular flexibility index (Phi) is 1.76. The molecular formula is C6H12N2OS. The van der Waals surface area contributed by atoms with Crippen LogP contribution in [0.3, 0.4) is 0 Å². The van der Waals surface area contributed by atoms with Crippen molar-refractivity contribution in [2.45, 2.75) is 11.9 Å². The first kappa shape index (κ1) is 6.76. The molecular weight excluding hydrogens is 148 g/mol. The number of hydrogen-bond donors (Lipinski definition) is 1. The van der Waals surface area contributed by atoms with Crippen LogP contribution in [0.4, 0.5) is 0 Å². The van der Waals surface area contributed by atoms with Crippen molar-refractivity contribution in [1.29, 1.82) is 0 Å². The van der Waals surface area contributed by atoms with Crippen LogP contribution in [0.1, 0.15) is 6.42 Å². The molecule has 0 aliphatic carbocycles. The standard InChI is InChI=1S/C6H12N2OS/c9-10-5-2-7-6(10)8-3-1-4-8/h6-7H,1-5H2. The van der Waals surface area contributed by atoms with Gasteiger partial charge in [-0.25, -0.2) is 0 Å². The minimum atomic E-state index is -0.625. The van der Waals surface area contributed by atoms with E-state index in [1.54, 1.807) is 0 Å². The lowest BCUT2D eigenvalue weighted by atomic mass is 10.2. The van der Waals surface area contributed by atoms with Crippen molar-refractivity contribution in [2.75, 3.05) is 25.4 Å². The summed E-state index contributed by atoms with van der Waals surface area (Å²) >= 11 is 0. The number of rotatable bonds is 1. The third-order valence-corrected chi connectivity index (χ3v) is 3.66. The maximum Gasteiger partial charge on any atom is 0.138 e. The molecule has 2 heterocycles. The minimum absolute atomic E-state index is 0.189. The molecule has 2 saturated heterocycles. The van der Waals surface area contributed by atoms with Gasteiger partial charge in [-0.1, -0.05) is 0 Å². The van der Waals surface area contributed by atoms with Gasteiger partial charge in [0.1, 0.15) is 5.50 Å². The summed E-state index contributed by atoms with van der Waals surface area (Å²) in [6.45, 7) is 3.18. The zero-order chi connectivity index (χ0) is 6.97. The Balaban J connectivity index is 1.96. The van der Waals surface area contributed by atoms with E-state index in [1.807, 2.05) is 0 Å². The molecule has 4 heteroatoms. The summed E-state index contributed by atoms with van der Waals surface area (Å²) in [4.78, 5) is 2.25. The average molecular weight is 160 g/mol. The number of hydrogen-bond acceptors (Lipinski definition) is 3. The van der Waals surface area contributed by atoms with Gasteiger partial charge in [-0.3, -0.25) is 14.4 Å². The van der Waals surface area contributed by atoms with Crippen molar-refractivity contribution in [2.24, 2.45) is 0 Å². The van der Waals surface area contributed by atoms with Gasteiger partial charge in [0.15, 0.2) is 0 Å². The lowest BCUT2D eigenvalue weighted by Gasteiger charge is -2.35. The highest BCUT2D eigenvalue weighted by Crippen LogP contribution is 2.14. The largest absolute Gasteiger partial charge is 0.290 e. The van der Waals surface area contributed by atoms with E-state index < -0.39 is 10.8 Å². The Labute approximate surface area is 63.2 Å². The lowest BCUT2D eigenvalue weighted by molar-refractivity contribution is 0.150. The molecule has 2 unspecified atom stereocenters. The second-order valence-corrected chi connectivity index (χ2v) is 4.40. The van der Waals surface area contributed by atoms with Gasteiger partial charge in [0, 0.05) is 25.4 Å². The van der Waals surface area contributed by atoms with Crippen LogP contribution in [-0.2, 0) is 10.8 Å². The molecule has 2 rings (SSSR count). The van der Waals surface area contributed by atoms with Crippen LogP contribution in [0, 0.1) is 0 Å². The molecule has 58 valence electrons. The Morgan fingerprint density at radius 1 is 1.50 bits per heavy atom. The Bertz CT molecular complexity index is 158. The van der Waals surface area contributed by atoms with Gasteiger partial charge in [0.25, 0.3) is 0 Å². The molecule has 0 bridgehead atoms. The van der Waals surface area contributed by atoms with E-state index in [-0.39, 0.29) is 5.50 Å². The van der Waals surface area contributed by atoms with Crippen molar-refractivity contribution >= 4 is 10.8 Å². The summed E-state index contributed by atoms with van der Waals surface area (Å²) in [7, 11) is -0.625. The summed E-state index contributed by atoms with van der Waals surface area (Å²) in [5, 5.41) is 3.23. The molecule has 2 atom stereocenters. The normalized spacial score (nSPS) is 41.6. The van der Waals surface area contributed by atoms with Crippen LogP contribution in [0.15, 0.2) is 0 Å². The monoisotopic (exact) mass is 160 g/mol. The van der Waals surface area contributed by atoms with E-state index in [2.05, 4.69) is 10.2 Å². The van der Waals surface area contributed by atoms with E-state index in [1.165, 1.54) is 6.42 Å². The second kappa shape index (κ2) is 2.60. The highest BCUT2D eigenvalue weighted by atomic mass is 32.2. The van der Waals surface area contributed by atoms with Gasteiger partial charge in [0.05, 0.1) is 10.8 Å². The highest BCUT2D eigenvalue weighted by molar-refractivity contribution is 7.85. The van der Waals surface area contributed by atoms with E-state index in [0.29, 0.717) is 0 Å². The van der Waals surface area contributed by atoms with Gasteiger partial charge in [-0.15, -0.1) is 0 Å². The molecule has 0 aromatic rings. The van der Waals surface area contributed by atoms with Gasteiger partial charge >= 0.3 is 0 Å². The summed E-state index contributed by atoms with van der Waals surface area (Å²) < 4.78 is 11.2. The van der Waals surface area contributed by atoms with Gasteiger partial charge in [-0.05, 0) is 6.42 Å². The molecule has 3 nitrogen and oxygen atoms in total. The molecule has 0 saturated carbocycles. The topological polar surface area (TPSA) is 32.3 Å². The molecule has 2 aliphatic rings. The molecule has 0 aromatic heterocycles. The fourth-order valence-electron chi connectivity index (χ4n) is 1.36. The van der Waals surface area contributed by atoms with Crippen LogP contribution in [0.2, 0.25) is 0 Å². The van der Waals surface area contributed by atoms with Gasteiger partial charge in [-0.2, -0.15) is 0 Å². The molecule has 0 amide bonds. The quantitative estimate of drug-likeness (QED) is 0.552. The smallest absolute Gasteiger partial charge is 0.138 e. The van der Waals surface area contributed by atoms with Gasteiger partial charge in [0.2, 0.25) is 0 Å². The van der Waals surface area contributed by atoms with Crippen molar-refractivity contribution in [1.82, 2.24) is 10.2 Å². The molecule has 0 radical (unpaired) electrons. The summed E-state index contributed by atoms with van der Waals surface area (Å²) in [5.74, 6) is 0.834. The Morgan fingerprint density at radius 3 is 2.70 bits per heavy atom. The van der Waals surface area contributed by atoms with Crippen LogP contribution >= 0.6 is 0 Å². The summed E-state index contributed by atoms with van der Waals surface area (Å²) in [6, 6.07) is 0. The van der Waals surface area contributed by atoms with E-state index in [4.69, 9.17) is 0 Å². The van der Waals surface area contributed by atoms with Crippen molar-refractivity contribution in [3.63, 3.8) is 0 Å². The highest BCUT2D eigenvalue weighted by Gasteiger charge is 2.31. The summed E-state index contributed by atoms with van der Waals surface area (Å²) in [5.41, 5.74) is 0.189. The van der Waals surface area contributed by atoms with E-state index in [0.717, 1.165) is 25.4 Å². The van der Waals surface area contributed by atoms with Crippen LogP contribution in [-0.4, -0.2) is 40.0 Å². The summed E-state index contributed by atoms with van der Waals surface area (Å²) in [6.07, 6.45) is 1.27. The third-order valence-electron chi connectivity index (χ3n) is 2.09. The first-order chi connectivity index (χ1) is 4.88. The SMILES string of the molecule is O=S1CCNC1N1CCC1. The molecule has 10 heavy (non-hydrogen) atoms. The molecule has 1 N–H and O–H groups in total.